The molecule has 2 heterocycles. The van der Waals surface area contributed by atoms with Gasteiger partial charge in [0, 0.05) is 31.1 Å². The lowest BCUT2D eigenvalue weighted by molar-refractivity contribution is -0.128. The number of ether oxygens (including phenoxy) is 1. The van der Waals surface area contributed by atoms with Crippen molar-refractivity contribution in [2.45, 2.75) is 37.2 Å². The third-order valence-corrected chi connectivity index (χ3v) is 8.18. The highest BCUT2D eigenvalue weighted by molar-refractivity contribution is 5.91. The van der Waals surface area contributed by atoms with Gasteiger partial charge < -0.3 is 19.6 Å². The molecule has 1 N–H and O–H groups in total. The average molecular weight is 473 g/mol. The van der Waals surface area contributed by atoms with Crippen LogP contribution in [-0.2, 0) is 10.2 Å². The van der Waals surface area contributed by atoms with E-state index in [-0.39, 0.29) is 23.3 Å². The largest absolute Gasteiger partial charge is 0.497 e. The molecule has 2 aromatic rings. The molecule has 2 fully saturated rings. The summed E-state index contributed by atoms with van der Waals surface area (Å²) in [6.45, 7) is 4.17. The van der Waals surface area contributed by atoms with Crippen molar-refractivity contribution >= 4 is 18.1 Å². The molecular weight excluding hydrogens is 436 g/mol. The number of fused-ring (bicyclic) bond motifs is 2. The molecule has 5 nitrogen and oxygen atoms in total. The van der Waals surface area contributed by atoms with Crippen molar-refractivity contribution in [2.75, 3.05) is 39.8 Å². The number of methoxy groups -OCH3 is 1. The van der Waals surface area contributed by atoms with Gasteiger partial charge in [0.15, 0.2) is 0 Å². The highest BCUT2D eigenvalue weighted by atomic mass is 16.5. The number of carbonyl (C=O) groups excluding carboxylic acids is 1. The number of benzene rings is 2. The monoisotopic (exact) mass is 472 g/mol. The topological polar surface area (TPSA) is 53.0 Å². The number of β-amino-alcohol motifs (C(OH)–C–C–N with tert-alkyl or cyclic N) is 1. The highest BCUT2D eigenvalue weighted by Gasteiger charge is 2.38. The molecule has 2 aromatic carbocycles. The van der Waals surface area contributed by atoms with E-state index in [0.717, 1.165) is 56.6 Å². The summed E-state index contributed by atoms with van der Waals surface area (Å²) in [5.74, 6) is 1.07. The number of nitrogens with zero attached hydrogens (tertiary/aromatic N) is 2. The molecule has 0 aromatic heterocycles. The lowest BCUT2D eigenvalue weighted by atomic mass is 9.74. The van der Waals surface area contributed by atoms with Gasteiger partial charge in [-0.3, -0.25) is 4.79 Å². The third-order valence-electron chi connectivity index (χ3n) is 8.18. The molecule has 5 heteroatoms. The van der Waals surface area contributed by atoms with Gasteiger partial charge in [0.05, 0.1) is 13.2 Å². The smallest absolute Gasteiger partial charge is 0.246 e. The van der Waals surface area contributed by atoms with E-state index in [9.17, 15) is 9.90 Å². The van der Waals surface area contributed by atoms with Gasteiger partial charge in [0.2, 0.25) is 5.91 Å². The van der Waals surface area contributed by atoms with Crippen LogP contribution >= 0.6 is 0 Å². The first kappa shape index (κ1) is 23.8. The fraction of sp³-hybridized carbons (Fsp3) is 0.433. The Morgan fingerprint density at radius 1 is 1.11 bits per heavy atom. The molecule has 5 rings (SSSR count). The summed E-state index contributed by atoms with van der Waals surface area (Å²) < 4.78 is 5.25. The van der Waals surface area contributed by atoms with Crippen LogP contribution in [0.1, 0.15) is 42.4 Å². The number of allylic oxidation sites excluding steroid dienone is 1. The van der Waals surface area contributed by atoms with Crippen molar-refractivity contribution in [3.8, 4) is 5.75 Å². The number of rotatable bonds is 6. The first-order chi connectivity index (χ1) is 17.1. The third kappa shape index (κ3) is 5.21. The van der Waals surface area contributed by atoms with Gasteiger partial charge in [-0.15, -0.1) is 0 Å². The molecule has 1 amide bonds. The summed E-state index contributed by atoms with van der Waals surface area (Å²) in [7, 11) is 1.64. The zero-order valence-corrected chi connectivity index (χ0v) is 20.6. The molecule has 1 aliphatic carbocycles. The molecular formula is C30H36N2O3. The molecule has 1 unspecified atom stereocenters. The predicted molar refractivity (Wildman–Crippen MR) is 140 cm³/mol. The van der Waals surface area contributed by atoms with Crippen LogP contribution in [-0.4, -0.2) is 66.8 Å². The summed E-state index contributed by atoms with van der Waals surface area (Å²) in [5.41, 5.74) is 3.96. The standard InChI is InChI=1S/C30H36N2O3/c1-35-26-7-4-5-23(21-26)9-10-29(34)32-17-12-25(13-18-32)28(33)22-31-19-15-30(16-20-31)14-11-24-6-2-3-8-27(24)30/h2-11,14,21,25,28,33H,12-13,15-20,22H2,1H3/b10-9+. The van der Waals surface area contributed by atoms with Gasteiger partial charge in [0.25, 0.3) is 0 Å². The number of hydrogen-bond acceptors (Lipinski definition) is 4. The minimum absolute atomic E-state index is 0.0342. The predicted octanol–water partition coefficient (Wildman–Crippen LogP) is 4.37. The molecule has 1 spiro atoms. The van der Waals surface area contributed by atoms with Crippen LogP contribution in [0.4, 0.5) is 0 Å². The lowest BCUT2D eigenvalue weighted by Gasteiger charge is -2.41. The second-order valence-electron chi connectivity index (χ2n) is 10.2. The number of aliphatic hydroxyl groups is 1. The van der Waals surface area contributed by atoms with E-state index < -0.39 is 0 Å². The number of hydrogen-bond donors (Lipinski definition) is 1. The summed E-state index contributed by atoms with van der Waals surface area (Å²) in [6.07, 6.45) is 11.8. The highest BCUT2D eigenvalue weighted by Crippen LogP contribution is 2.43. The Labute approximate surface area is 208 Å². The number of piperidine rings is 2. The molecule has 1 atom stereocenters. The Hall–Kier alpha value is -2.89. The Balaban J connectivity index is 1.08. The number of amides is 1. The maximum Gasteiger partial charge on any atom is 0.246 e. The van der Waals surface area contributed by atoms with E-state index in [1.807, 2.05) is 35.2 Å². The van der Waals surface area contributed by atoms with Gasteiger partial charge in [-0.25, -0.2) is 0 Å². The van der Waals surface area contributed by atoms with E-state index in [2.05, 4.69) is 41.3 Å². The van der Waals surface area contributed by atoms with Crippen LogP contribution in [0.15, 0.2) is 60.7 Å². The Kier molecular flexibility index (Phi) is 7.07. The van der Waals surface area contributed by atoms with Gasteiger partial charge in [-0.2, -0.15) is 0 Å². The molecule has 0 bridgehead atoms. The Bertz CT molecular complexity index is 1090. The van der Waals surface area contributed by atoms with Gasteiger partial charge in [-0.05, 0) is 79.6 Å². The fourth-order valence-electron chi connectivity index (χ4n) is 5.94. The van der Waals surface area contributed by atoms with E-state index in [4.69, 9.17) is 4.74 Å². The van der Waals surface area contributed by atoms with Crippen LogP contribution in [0.3, 0.4) is 0 Å². The molecule has 184 valence electrons. The fourth-order valence-corrected chi connectivity index (χ4v) is 5.94. The second-order valence-corrected chi connectivity index (χ2v) is 10.2. The number of likely N-dealkylation sites (tertiary alicyclic amines) is 2. The minimum atomic E-state index is -0.333. The number of aliphatic hydroxyl groups excluding tert-OH is 1. The summed E-state index contributed by atoms with van der Waals surface area (Å²) >= 11 is 0. The second kappa shape index (κ2) is 10.4. The van der Waals surface area contributed by atoms with Crippen LogP contribution in [0.2, 0.25) is 0 Å². The van der Waals surface area contributed by atoms with Crippen molar-refractivity contribution in [3.63, 3.8) is 0 Å². The summed E-state index contributed by atoms with van der Waals surface area (Å²) in [4.78, 5) is 17.0. The first-order valence-corrected chi connectivity index (χ1v) is 12.9. The first-order valence-electron chi connectivity index (χ1n) is 12.9. The van der Waals surface area contributed by atoms with Gasteiger partial charge >= 0.3 is 0 Å². The molecule has 2 saturated heterocycles. The normalized spacial score (nSPS) is 20.9. The van der Waals surface area contributed by atoms with Crippen LogP contribution in [0.5, 0.6) is 5.75 Å². The number of carbonyl (C=O) groups is 1. The molecule has 35 heavy (non-hydrogen) atoms. The minimum Gasteiger partial charge on any atom is -0.497 e. The van der Waals surface area contributed by atoms with E-state index in [0.29, 0.717) is 13.1 Å². The summed E-state index contributed by atoms with van der Waals surface area (Å²) in [5, 5.41) is 11.0. The zero-order valence-electron chi connectivity index (χ0n) is 20.6. The van der Waals surface area contributed by atoms with Crippen molar-refractivity contribution in [3.05, 3.63) is 77.4 Å². The Morgan fingerprint density at radius 3 is 2.66 bits per heavy atom. The SMILES string of the molecule is COc1cccc(/C=C/C(=O)N2CCC(C(O)CN3CCC4(C=Cc5ccccc54)CC3)CC2)c1. The molecule has 3 aliphatic rings. The lowest BCUT2D eigenvalue weighted by Crippen LogP contribution is -2.47. The molecule has 0 saturated carbocycles. The zero-order chi connectivity index (χ0) is 24.3. The average Bonchev–Trinajstić information content (AvgIpc) is 3.27. The van der Waals surface area contributed by atoms with Gasteiger partial charge in [-0.1, -0.05) is 48.6 Å². The van der Waals surface area contributed by atoms with Gasteiger partial charge in [0.1, 0.15) is 5.75 Å². The quantitative estimate of drug-likeness (QED) is 0.635. The van der Waals surface area contributed by atoms with Crippen molar-refractivity contribution in [1.82, 2.24) is 9.80 Å². The maximum absolute atomic E-state index is 12.7. The Morgan fingerprint density at radius 2 is 1.89 bits per heavy atom. The molecule has 2 aliphatic heterocycles. The van der Waals surface area contributed by atoms with Crippen molar-refractivity contribution in [2.24, 2.45) is 5.92 Å². The van der Waals surface area contributed by atoms with E-state index >= 15 is 0 Å². The van der Waals surface area contributed by atoms with Crippen LogP contribution < -0.4 is 4.74 Å². The summed E-state index contributed by atoms with van der Waals surface area (Å²) in [6, 6.07) is 16.4. The van der Waals surface area contributed by atoms with Crippen LogP contribution in [0, 0.1) is 5.92 Å². The van der Waals surface area contributed by atoms with E-state index in [1.165, 1.54) is 11.1 Å². The van der Waals surface area contributed by atoms with Crippen molar-refractivity contribution in [1.29, 1.82) is 0 Å². The van der Waals surface area contributed by atoms with Crippen molar-refractivity contribution < 1.29 is 14.6 Å². The van der Waals surface area contributed by atoms with E-state index in [1.54, 1.807) is 13.2 Å². The van der Waals surface area contributed by atoms with Crippen LogP contribution in [0.25, 0.3) is 12.2 Å². The molecule has 0 radical (unpaired) electrons. The maximum atomic E-state index is 12.7.